The van der Waals surface area contributed by atoms with Crippen molar-refractivity contribution in [1.82, 2.24) is 24.9 Å². The Morgan fingerprint density at radius 2 is 0.884 bits per heavy atom. The third-order valence-electron chi connectivity index (χ3n) is 23.8. The monoisotopic (exact) mass is 2660 g/mol. The molecule has 2 aliphatic carbocycles. The van der Waals surface area contributed by atoms with E-state index in [0.717, 1.165) is 91.2 Å². The molecule has 3 radical (unpaired) electrons. The molecule has 5 heterocycles. The molecule has 2 aliphatic rings. The van der Waals surface area contributed by atoms with E-state index in [4.69, 9.17) is 20.2 Å². The first-order valence-electron chi connectivity index (χ1n) is 46.7. The summed E-state index contributed by atoms with van der Waals surface area (Å²) >= 11 is 0. The van der Waals surface area contributed by atoms with Crippen LogP contribution in [0.5, 0.6) is 11.5 Å². The van der Waals surface area contributed by atoms with Gasteiger partial charge in [0.25, 0.3) is 0 Å². The Balaban J connectivity index is 0.000000193. The van der Waals surface area contributed by atoms with Gasteiger partial charge in [0, 0.05) is 140 Å². The Morgan fingerprint density at radius 3 is 1.41 bits per heavy atom. The molecular formula is C128H114F3Ir3N6O6Pt-5. The van der Waals surface area contributed by atoms with Gasteiger partial charge in [0.05, 0.1) is 34.3 Å². The summed E-state index contributed by atoms with van der Waals surface area (Å²) in [4.78, 5) is 45.6. The van der Waals surface area contributed by atoms with Crippen molar-refractivity contribution in [3.8, 4) is 101 Å². The minimum Gasteiger partial charge on any atom is -0.512 e. The number of nitrogens with zero attached hydrogens (tertiary/aromatic N) is 6. The van der Waals surface area contributed by atoms with Crippen molar-refractivity contribution in [2.45, 2.75) is 126 Å². The largest absolute Gasteiger partial charge is 0.512 e. The molecule has 147 heavy (non-hydrogen) atoms. The number of hydrogen-bond donors (Lipinski definition) is 4. The van der Waals surface area contributed by atoms with Gasteiger partial charge < -0.3 is 40.3 Å². The molecule has 19 aromatic rings. The number of fused-ring (bicyclic) bond motifs is 7. The number of aliphatic hydroxyl groups is 2. The standard InChI is InChI=1S/C30H32N2O2.C25H19N.C18H14N.C17H9F3.C15H10N.C12H10N.2C5H8O2.CH4.3Ir.Pt/c1-29(2,3)19-15-23(21-11-7-9-13-27(21)33)31-25(17-19)26-18-20(30(4,5)6)16-24(32-26)22-12-8-10-14-28(22)34;1-3-10-21(11-4-1)26(22-12-5-2-6-13-22)23-16-15-20-17-19-9-7-8-14-24(19)25(20)18-23;1-18(2)14-8-4-3-7-13(14)17-16-12(10-11-19-17)6-5-9-15(16)18;18-17(19,20)16-9-7-13(8-10-16)15-6-5-12-3-1-2-4-14(12)11-15;1-2-7-13(8-3-1)15-14-9-5-4-6-12(14)10-11-16-15;1-10-7-8-12(13-9-10)11-5-3-2-4-6-11;2*1-4(6)3-5(2)7;;;;;/h7-18,33-34H,1-6H3;1-16,18H,17H2;3-6,8-11H,1-2H3;1-7,9-10H;1-7,9-11H;2-5,7-9H,1H3;2*3,6H,1-2H3;1H4;;;;/q;;-1;-2;2*-1;;;;;;;. The second-order valence-electron chi connectivity index (χ2n) is 37.0. The Kier molecular flexibility index (Phi) is 42.2. The van der Waals surface area contributed by atoms with E-state index in [2.05, 4.69) is 275 Å². The Bertz CT molecular complexity index is 7510. The smallest absolute Gasteiger partial charge is 0.381 e. The molecule has 0 saturated heterocycles. The summed E-state index contributed by atoms with van der Waals surface area (Å²) in [5, 5.41) is 44.7. The first kappa shape index (κ1) is 116. The maximum absolute atomic E-state index is 12.5. The van der Waals surface area contributed by atoms with Crippen LogP contribution in [0, 0.1) is 37.3 Å². The maximum Gasteiger partial charge on any atom is 0.381 e. The van der Waals surface area contributed by atoms with Crippen LogP contribution in [0.25, 0.3) is 122 Å². The molecule has 14 aromatic carbocycles. The van der Waals surface area contributed by atoms with Gasteiger partial charge in [-0.2, -0.15) is 43.0 Å². The van der Waals surface area contributed by atoms with Crippen LogP contribution in [0.15, 0.2) is 406 Å². The molecule has 21 rings (SSSR count). The second-order valence-corrected chi connectivity index (χ2v) is 37.0. The van der Waals surface area contributed by atoms with Crippen molar-refractivity contribution in [2.24, 2.45) is 0 Å². The SMILES string of the molecule is C.CC(=O)C=C(C)O.CC(=O)C=C(C)O.CC(C)(C)c1cc(-c2cc(C(C)(C)C)cc(-c3ccccc3O)n2)nc(-c2ccccc2O)c1.CC1(C)c2ccc[c-]c2-c2nccc3cccc1c23.Cc1ccc(-c2[c-]cccc2)nc1.FC(F)(F)c1c[c-]c(-c2[c-]c3ccccc3cc2)cc1.[Ir].[Ir].[Ir].[Pt].[c-]1ccccc1-c1nccc2ccccc12.c1ccc(N(c2ccccc2)c2ccc3c(c2)-c2ccccc2C3)cc1. The molecule has 19 heteroatoms. The number of ketones is 2. The number of phenolic OH excluding ortho intramolecular Hbond substituents is 2. The quantitative estimate of drug-likeness (QED) is 0.0547. The molecule has 0 bridgehead atoms. The van der Waals surface area contributed by atoms with Gasteiger partial charge in [0.15, 0.2) is 11.6 Å². The summed E-state index contributed by atoms with van der Waals surface area (Å²) in [6.45, 7) is 25.3. The van der Waals surface area contributed by atoms with Gasteiger partial charge in [-0.05, 0) is 243 Å². The summed E-state index contributed by atoms with van der Waals surface area (Å²) in [5.74, 6) is 0.261. The second kappa shape index (κ2) is 53.3. The first-order valence-corrected chi connectivity index (χ1v) is 46.7. The summed E-state index contributed by atoms with van der Waals surface area (Å²) < 4.78 is 37.5. The predicted octanol–water partition coefficient (Wildman–Crippen LogP) is 32.9. The number of carbonyl (C=O) groups excluding carboxylic acids is 2. The van der Waals surface area contributed by atoms with Crippen molar-refractivity contribution in [2.75, 3.05) is 4.90 Å². The fourth-order valence-corrected chi connectivity index (χ4v) is 16.6. The Labute approximate surface area is 916 Å². The van der Waals surface area contributed by atoms with Crippen LogP contribution in [0.1, 0.15) is 135 Å². The van der Waals surface area contributed by atoms with Gasteiger partial charge in [-0.3, -0.25) is 9.59 Å². The van der Waals surface area contributed by atoms with Crippen LogP contribution in [0.4, 0.5) is 30.2 Å². The minimum absolute atomic E-state index is 0. The molecule has 0 spiro atoms. The van der Waals surface area contributed by atoms with Crippen molar-refractivity contribution < 1.29 is 125 Å². The zero-order valence-electron chi connectivity index (χ0n) is 83.0. The zero-order valence-corrected chi connectivity index (χ0v) is 92.4. The molecule has 4 N–H and O–H groups in total. The van der Waals surface area contributed by atoms with E-state index in [0.29, 0.717) is 28.1 Å². The summed E-state index contributed by atoms with van der Waals surface area (Å²) in [5.41, 5.74) is 26.1. The van der Waals surface area contributed by atoms with Gasteiger partial charge in [-0.15, -0.1) is 137 Å². The van der Waals surface area contributed by atoms with Gasteiger partial charge in [0.1, 0.15) is 11.5 Å². The number of carbonyl (C=O) groups is 2. The van der Waals surface area contributed by atoms with Crippen LogP contribution in [0.3, 0.4) is 0 Å². The number of anilines is 3. The van der Waals surface area contributed by atoms with Crippen LogP contribution in [-0.2, 0) is 120 Å². The normalized spacial score (nSPS) is 11.5. The van der Waals surface area contributed by atoms with Gasteiger partial charge in [-0.1, -0.05) is 232 Å². The molecule has 12 nitrogen and oxygen atoms in total. The Hall–Kier alpha value is -14.1. The van der Waals surface area contributed by atoms with Gasteiger partial charge in [0.2, 0.25) is 0 Å². The zero-order chi connectivity index (χ0) is 101. The summed E-state index contributed by atoms with van der Waals surface area (Å²) in [6.07, 6.45) is 4.64. The molecular weight excluding hydrogens is 2550 g/mol. The van der Waals surface area contributed by atoms with Crippen molar-refractivity contribution in [3.05, 3.63) is 481 Å². The van der Waals surface area contributed by atoms with E-state index >= 15 is 0 Å². The van der Waals surface area contributed by atoms with Gasteiger partial charge >= 0.3 is 6.18 Å². The number of aryl methyl sites for hydroxylation is 1. The Morgan fingerprint density at radius 1 is 0.401 bits per heavy atom. The van der Waals surface area contributed by atoms with Crippen molar-refractivity contribution in [1.29, 1.82) is 0 Å². The van der Waals surface area contributed by atoms with Crippen molar-refractivity contribution in [3.63, 3.8) is 0 Å². The molecule has 0 fully saturated rings. The number of aromatic nitrogens is 5. The first-order chi connectivity index (χ1) is 68.1. The number of benzene rings is 14. The van der Waals surface area contributed by atoms with E-state index < -0.39 is 11.7 Å². The van der Waals surface area contributed by atoms with E-state index in [-0.39, 0.29) is 140 Å². The van der Waals surface area contributed by atoms with E-state index in [1.165, 1.54) is 123 Å². The van der Waals surface area contributed by atoms with Crippen LogP contribution >= 0.6 is 0 Å². The van der Waals surface area contributed by atoms with Crippen LogP contribution in [-0.4, -0.2) is 56.9 Å². The van der Waals surface area contributed by atoms with Crippen LogP contribution in [0.2, 0.25) is 0 Å². The third kappa shape index (κ3) is 30.5. The molecule has 755 valence electrons. The number of aliphatic hydroxyl groups excluding tert-OH is 2. The molecule has 5 aromatic heterocycles. The fourth-order valence-electron chi connectivity index (χ4n) is 16.6. The molecule has 0 unspecified atom stereocenters. The number of hydrogen-bond acceptors (Lipinski definition) is 12. The number of halogens is 3. The number of phenols is 2. The molecule has 0 amide bonds. The fraction of sp³-hybridized carbons (Fsp3) is 0.148. The minimum atomic E-state index is -4.33. The van der Waals surface area contributed by atoms with E-state index in [9.17, 15) is 33.0 Å². The average molecular weight is 2660 g/mol. The van der Waals surface area contributed by atoms with Crippen LogP contribution < -0.4 is 4.90 Å². The van der Waals surface area contributed by atoms with E-state index in [1.807, 2.05) is 177 Å². The molecule has 0 atom stereocenters. The number of para-hydroxylation sites is 4. The number of pyridine rings is 5. The number of allylic oxidation sites excluding steroid dienone is 4. The maximum atomic E-state index is 12.5. The molecule has 0 saturated carbocycles. The van der Waals surface area contributed by atoms with Gasteiger partial charge in [-0.25, -0.2) is 15.5 Å². The summed E-state index contributed by atoms with van der Waals surface area (Å²) in [7, 11) is 0. The predicted molar refractivity (Wildman–Crippen MR) is 579 cm³/mol. The average Bonchev–Trinajstić information content (AvgIpc) is 1.09. The topological polar surface area (TPSA) is 183 Å². The number of aromatic hydroxyl groups is 2. The number of rotatable bonds is 11. The van der Waals surface area contributed by atoms with Crippen molar-refractivity contribution >= 4 is 60.9 Å². The third-order valence-corrected chi connectivity index (χ3v) is 23.8. The number of alkyl halides is 3. The molecule has 0 aliphatic heterocycles. The summed E-state index contributed by atoms with van der Waals surface area (Å²) in [6, 6.07) is 135. The van der Waals surface area contributed by atoms with E-state index in [1.54, 1.807) is 24.3 Å².